The highest BCUT2D eigenvalue weighted by Gasteiger charge is 2.33. The zero-order valence-corrected chi connectivity index (χ0v) is 10.7. The maximum atomic E-state index is 9.66. The first-order valence-corrected chi connectivity index (χ1v) is 6.32. The Kier molecular flexibility index (Phi) is 3.56. The molecule has 0 aromatic carbocycles. The van der Waals surface area contributed by atoms with Gasteiger partial charge in [-0.2, -0.15) is 9.97 Å². The molecule has 1 saturated carbocycles. The largest absolute Gasteiger partial charge is 0.394 e. The van der Waals surface area contributed by atoms with Crippen LogP contribution >= 0.6 is 0 Å². The Balaban J connectivity index is 2.14. The molecule has 0 saturated heterocycles. The fraction of sp³-hybridized carbons (Fsp3) is 0.667. The molecule has 1 aliphatic rings. The highest BCUT2D eigenvalue weighted by molar-refractivity contribution is 5.50. The van der Waals surface area contributed by atoms with Gasteiger partial charge < -0.3 is 21.9 Å². The van der Waals surface area contributed by atoms with Crippen molar-refractivity contribution in [1.82, 2.24) is 9.97 Å². The second kappa shape index (κ2) is 4.97. The number of hydrogen-bond donors (Lipinski definition) is 4. The number of nitrogens with one attached hydrogen (secondary N) is 1. The first-order chi connectivity index (χ1) is 8.53. The van der Waals surface area contributed by atoms with E-state index in [0.717, 1.165) is 25.7 Å². The van der Waals surface area contributed by atoms with Crippen molar-refractivity contribution in [2.75, 3.05) is 23.4 Å². The van der Waals surface area contributed by atoms with Gasteiger partial charge in [0.25, 0.3) is 0 Å². The Bertz CT molecular complexity index is 395. The van der Waals surface area contributed by atoms with Crippen LogP contribution in [0.5, 0.6) is 0 Å². The minimum absolute atomic E-state index is 0.0868. The summed E-state index contributed by atoms with van der Waals surface area (Å²) in [6.07, 6.45) is 4.05. The predicted octanol–water partition coefficient (Wildman–Crippen LogP) is 0.994. The zero-order valence-electron chi connectivity index (χ0n) is 10.7. The Hall–Kier alpha value is -1.56. The van der Waals surface area contributed by atoms with Crippen LogP contribution in [0.1, 0.15) is 32.6 Å². The second-order valence-corrected chi connectivity index (χ2v) is 5.28. The van der Waals surface area contributed by atoms with Crippen LogP contribution in [0.2, 0.25) is 0 Å². The molecule has 0 amide bonds. The molecular formula is C12H21N5O. The topological polar surface area (TPSA) is 110 Å². The van der Waals surface area contributed by atoms with Crippen molar-refractivity contribution in [1.29, 1.82) is 0 Å². The summed E-state index contributed by atoms with van der Waals surface area (Å²) in [7, 11) is 0. The molecule has 6 heteroatoms. The van der Waals surface area contributed by atoms with Crippen LogP contribution in [0, 0.1) is 5.92 Å². The summed E-state index contributed by atoms with van der Waals surface area (Å²) >= 11 is 0. The third-order valence-corrected chi connectivity index (χ3v) is 3.69. The van der Waals surface area contributed by atoms with Crippen LogP contribution in [0.3, 0.4) is 0 Å². The number of aliphatic hydroxyl groups is 1. The van der Waals surface area contributed by atoms with Crippen molar-refractivity contribution < 1.29 is 5.11 Å². The van der Waals surface area contributed by atoms with Crippen LogP contribution < -0.4 is 16.8 Å². The summed E-state index contributed by atoms with van der Waals surface area (Å²) < 4.78 is 0. The lowest BCUT2D eigenvalue weighted by atomic mass is 9.77. The van der Waals surface area contributed by atoms with Crippen molar-refractivity contribution >= 4 is 17.6 Å². The van der Waals surface area contributed by atoms with Gasteiger partial charge in [0.2, 0.25) is 5.95 Å². The van der Waals surface area contributed by atoms with E-state index in [-0.39, 0.29) is 18.1 Å². The number of rotatable bonds is 3. The number of nitrogens with zero attached hydrogens (tertiary/aromatic N) is 2. The number of nitrogen functional groups attached to an aromatic ring is 2. The summed E-state index contributed by atoms with van der Waals surface area (Å²) in [6.45, 7) is 2.32. The molecule has 18 heavy (non-hydrogen) atoms. The summed E-state index contributed by atoms with van der Waals surface area (Å²) in [6, 6.07) is 1.64. The highest BCUT2D eigenvalue weighted by Crippen LogP contribution is 2.34. The van der Waals surface area contributed by atoms with E-state index in [1.165, 1.54) is 0 Å². The normalized spacial score (nSPS) is 28.0. The molecule has 100 valence electrons. The molecule has 0 spiro atoms. The molecular weight excluding hydrogens is 230 g/mol. The van der Waals surface area contributed by atoms with Gasteiger partial charge in [0.1, 0.15) is 11.6 Å². The van der Waals surface area contributed by atoms with E-state index < -0.39 is 0 Å². The molecule has 1 fully saturated rings. The van der Waals surface area contributed by atoms with Gasteiger partial charge in [-0.25, -0.2) is 0 Å². The van der Waals surface area contributed by atoms with E-state index in [2.05, 4.69) is 22.2 Å². The first-order valence-electron chi connectivity index (χ1n) is 6.32. The predicted molar refractivity (Wildman–Crippen MR) is 71.9 cm³/mol. The number of nitrogens with two attached hydrogens (primary N) is 2. The minimum Gasteiger partial charge on any atom is -0.394 e. The van der Waals surface area contributed by atoms with Gasteiger partial charge in [0.15, 0.2) is 0 Å². The molecule has 0 unspecified atom stereocenters. The fourth-order valence-corrected chi connectivity index (χ4v) is 2.46. The first kappa shape index (κ1) is 12.9. The smallest absolute Gasteiger partial charge is 0.223 e. The molecule has 0 radical (unpaired) electrons. The molecule has 1 heterocycles. The Morgan fingerprint density at radius 3 is 2.61 bits per heavy atom. The quantitative estimate of drug-likeness (QED) is 0.638. The average molecular weight is 251 g/mol. The highest BCUT2D eigenvalue weighted by atomic mass is 16.3. The molecule has 1 aromatic heterocycles. The molecule has 0 aliphatic heterocycles. The van der Waals surface area contributed by atoms with Gasteiger partial charge in [0.05, 0.1) is 12.1 Å². The fourth-order valence-electron chi connectivity index (χ4n) is 2.46. The van der Waals surface area contributed by atoms with Crippen LogP contribution in [0.25, 0.3) is 0 Å². The van der Waals surface area contributed by atoms with Gasteiger partial charge in [0, 0.05) is 6.07 Å². The van der Waals surface area contributed by atoms with Gasteiger partial charge in [-0.1, -0.05) is 6.92 Å². The third kappa shape index (κ3) is 2.81. The van der Waals surface area contributed by atoms with E-state index in [1.54, 1.807) is 6.07 Å². The van der Waals surface area contributed by atoms with Gasteiger partial charge >= 0.3 is 0 Å². The number of aromatic nitrogens is 2. The average Bonchev–Trinajstić information content (AvgIpc) is 2.31. The molecule has 1 aromatic rings. The Labute approximate surface area is 107 Å². The maximum Gasteiger partial charge on any atom is 0.223 e. The minimum atomic E-state index is -0.306. The van der Waals surface area contributed by atoms with E-state index >= 15 is 0 Å². The monoisotopic (exact) mass is 251 g/mol. The second-order valence-electron chi connectivity index (χ2n) is 5.28. The standard InChI is InChI=1S/C12H21N5O/c1-8-2-4-12(7-18,5-3-8)17-10-6-9(13)15-11(14)16-10/h6,8,18H,2-5,7H2,1H3,(H5,13,14,15,16,17). The van der Waals surface area contributed by atoms with Gasteiger partial charge in [-0.15, -0.1) is 0 Å². The number of hydrogen-bond acceptors (Lipinski definition) is 6. The van der Waals surface area contributed by atoms with E-state index in [0.29, 0.717) is 17.6 Å². The molecule has 0 atom stereocenters. The van der Waals surface area contributed by atoms with E-state index in [1.807, 2.05) is 0 Å². The van der Waals surface area contributed by atoms with Crippen molar-refractivity contribution in [3.8, 4) is 0 Å². The molecule has 6 N–H and O–H groups in total. The van der Waals surface area contributed by atoms with E-state index in [4.69, 9.17) is 11.5 Å². The molecule has 6 nitrogen and oxygen atoms in total. The van der Waals surface area contributed by atoms with Crippen LogP contribution in [-0.4, -0.2) is 27.2 Å². The van der Waals surface area contributed by atoms with Crippen molar-refractivity contribution in [3.05, 3.63) is 6.07 Å². The Morgan fingerprint density at radius 1 is 1.39 bits per heavy atom. The van der Waals surface area contributed by atoms with Gasteiger partial charge in [-0.05, 0) is 31.6 Å². The van der Waals surface area contributed by atoms with Crippen LogP contribution in [-0.2, 0) is 0 Å². The van der Waals surface area contributed by atoms with E-state index in [9.17, 15) is 5.11 Å². The maximum absolute atomic E-state index is 9.66. The zero-order chi connectivity index (χ0) is 13.2. The third-order valence-electron chi connectivity index (χ3n) is 3.69. The Morgan fingerprint density at radius 2 is 2.06 bits per heavy atom. The molecule has 0 bridgehead atoms. The van der Waals surface area contributed by atoms with Crippen LogP contribution in [0.15, 0.2) is 6.07 Å². The summed E-state index contributed by atoms with van der Waals surface area (Å²) in [5.74, 6) is 1.78. The van der Waals surface area contributed by atoms with Crippen LogP contribution in [0.4, 0.5) is 17.6 Å². The van der Waals surface area contributed by atoms with Crippen molar-refractivity contribution in [2.24, 2.45) is 5.92 Å². The lowest BCUT2D eigenvalue weighted by molar-refractivity contribution is 0.155. The lowest BCUT2D eigenvalue weighted by Crippen LogP contribution is -2.45. The number of anilines is 3. The summed E-state index contributed by atoms with van der Waals surface area (Å²) in [4.78, 5) is 7.93. The summed E-state index contributed by atoms with van der Waals surface area (Å²) in [5.41, 5.74) is 10.9. The molecule has 2 rings (SSSR count). The van der Waals surface area contributed by atoms with Crippen molar-refractivity contribution in [3.63, 3.8) is 0 Å². The summed E-state index contributed by atoms with van der Waals surface area (Å²) in [5, 5.41) is 12.9. The molecule has 1 aliphatic carbocycles. The van der Waals surface area contributed by atoms with Gasteiger partial charge in [-0.3, -0.25) is 0 Å². The SMILES string of the molecule is CC1CCC(CO)(Nc2cc(N)nc(N)n2)CC1. The van der Waals surface area contributed by atoms with Crippen molar-refractivity contribution in [2.45, 2.75) is 38.1 Å². The lowest BCUT2D eigenvalue weighted by Gasteiger charge is -2.39. The number of aliphatic hydroxyl groups excluding tert-OH is 1.